The normalized spacial score (nSPS) is 35.6. The van der Waals surface area contributed by atoms with Gasteiger partial charge in [-0.3, -0.25) is 4.79 Å². The molecular weight excluding hydrogens is 294 g/mol. The number of benzene rings is 1. The van der Waals surface area contributed by atoms with Crippen molar-refractivity contribution in [3.8, 4) is 0 Å². The lowest BCUT2D eigenvalue weighted by Crippen LogP contribution is -2.57. The van der Waals surface area contributed by atoms with Crippen LogP contribution < -0.4 is 0 Å². The molecule has 0 atom stereocenters. The van der Waals surface area contributed by atoms with Crippen LogP contribution >= 0.6 is 11.6 Å². The Morgan fingerprint density at radius 1 is 1.14 bits per heavy atom. The van der Waals surface area contributed by atoms with Crippen LogP contribution in [0.25, 0.3) is 0 Å². The van der Waals surface area contributed by atoms with Crippen LogP contribution in [0.1, 0.15) is 49.4 Å². The van der Waals surface area contributed by atoms with Crippen LogP contribution in [0.4, 0.5) is 0 Å². The van der Waals surface area contributed by atoms with Gasteiger partial charge in [-0.05, 0) is 80.9 Å². The molecular formula is C19H24ClNO. The number of nitrogens with zero attached hydrogens (tertiary/aromatic N) is 1. The molecule has 118 valence electrons. The molecule has 0 saturated heterocycles. The van der Waals surface area contributed by atoms with E-state index in [-0.39, 0.29) is 5.91 Å². The number of carbonyl (C=O) groups is 1. The first-order chi connectivity index (χ1) is 10.7. The minimum absolute atomic E-state index is 0.169. The molecule has 4 saturated carbocycles. The Hall–Kier alpha value is -1.02. The van der Waals surface area contributed by atoms with Gasteiger partial charge in [0.15, 0.2) is 0 Å². The highest BCUT2D eigenvalue weighted by Gasteiger charge is 2.50. The van der Waals surface area contributed by atoms with E-state index < -0.39 is 0 Å². The molecule has 0 aliphatic heterocycles. The highest BCUT2D eigenvalue weighted by Crippen LogP contribution is 2.55. The zero-order valence-electron chi connectivity index (χ0n) is 13.2. The molecule has 0 spiro atoms. The summed E-state index contributed by atoms with van der Waals surface area (Å²) in [5, 5.41) is 0.645. The van der Waals surface area contributed by atoms with Gasteiger partial charge in [-0.1, -0.05) is 17.7 Å². The van der Waals surface area contributed by atoms with E-state index in [1.807, 2.05) is 24.3 Å². The number of hydrogen-bond acceptors (Lipinski definition) is 1. The molecule has 0 radical (unpaired) electrons. The van der Waals surface area contributed by atoms with Crippen molar-refractivity contribution < 1.29 is 4.79 Å². The van der Waals surface area contributed by atoms with Crippen LogP contribution in [0, 0.1) is 23.7 Å². The molecule has 4 aliphatic carbocycles. The summed E-state index contributed by atoms with van der Waals surface area (Å²) in [4.78, 5) is 15.2. The van der Waals surface area contributed by atoms with Crippen molar-refractivity contribution in [1.82, 2.24) is 4.90 Å². The minimum atomic E-state index is 0.169. The predicted molar refractivity (Wildman–Crippen MR) is 89.0 cm³/mol. The van der Waals surface area contributed by atoms with Crippen molar-refractivity contribution in [3.05, 3.63) is 34.9 Å². The molecule has 4 fully saturated rings. The summed E-state index contributed by atoms with van der Waals surface area (Å²) in [6, 6.07) is 7.87. The molecule has 1 aromatic carbocycles. The largest absolute Gasteiger partial charge is 0.335 e. The molecule has 3 heteroatoms. The first-order valence-corrected chi connectivity index (χ1v) is 9.10. The monoisotopic (exact) mass is 317 g/mol. The summed E-state index contributed by atoms with van der Waals surface area (Å²) in [5.74, 6) is 3.53. The van der Waals surface area contributed by atoms with E-state index in [4.69, 9.17) is 11.6 Å². The molecule has 4 aliphatic rings. The summed E-state index contributed by atoms with van der Waals surface area (Å²) < 4.78 is 0. The summed E-state index contributed by atoms with van der Waals surface area (Å²) >= 11 is 6.07. The Bertz CT molecular complexity index is 557. The third-order valence-corrected chi connectivity index (χ3v) is 6.45. The van der Waals surface area contributed by atoms with Gasteiger partial charge < -0.3 is 4.90 Å². The average Bonchev–Trinajstić information content (AvgIpc) is 2.49. The second kappa shape index (κ2) is 5.56. The van der Waals surface area contributed by atoms with Crippen LogP contribution in [0.5, 0.6) is 0 Å². The fourth-order valence-electron chi connectivity index (χ4n) is 5.68. The van der Waals surface area contributed by atoms with Crippen LogP contribution in [-0.4, -0.2) is 23.4 Å². The first kappa shape index (κ1) is 14.6. The molecule has 1 aromatic rings. The summed E-state index contributed by atoms with van der Waals surface area (Å²) in [6.07, 6.45) is 6.83. The molecule has 2 nitrogen and oxygen atoms in total. The quantitative estimate of drug-likeness (QED) is 0.796. The first-order valence-electron chi connectivity index (χ1n) is 8.72. The topological polar surface area (TPSA) is 20.3 Å². The Balaban J connectivity index is 1.60. The van der Waals surface area contributed by atoms with Gasteiger partial charge >= 0.3 is 0 Å². The van der Waals surface area contributed by atoms with Gasteiger partial charge in [0.2, 0.25) is 0 Å². The van der Waals surface area contributed by atoms with E-state index in [0.29, 0.717) is 11.1 Å². The van der Waals surface area contributed by atoms with Crippen molar-refractivity contribution in [2.45, 2.75) is 45.1 Å². The zero-order valence-corrected chi connectivity index (χ0v) is 13.9. The SMILES string of the molecule is CCN(C(=O)c1cccc(Cl)c1)C1C2CC3CC(C2)CC1C3. The van der Waals surface area contributed by atoms with E-state index in [2.05, 4.69) is 11.8 Å². The molecule has 0 aromatic heterocycles. The lowest BCUT2D eigenvalue weighted by atomic mass is 9.54. The van der Waals surface area contributed by atoms with Crippen molar-refractivity contribution >= 4 is 17.5 Å². The van der Waals surface area contributed by atoms with Crippen molar-refractivity contribution in [1.29, 1.82) is 0 Å². The fourth-order valence-corrected chi connectivity index (χ4v) is 5.87. The molecule has 22 heavy (non-hydrogen) atoms. The van der Waals surface area contributed by atoms with Gasteiger partial charge in [0.25, 0.3) is 5.91 Å². The number of rotatable bonds is 3. The Kier molecular flexibility index (Phi) is 3.68. The molecule has 4 bridgehead atoms. The van der Waals surface area contributed by atoms with Gasteiger partial charge in [0.05, 0.1) is 0 Å². The summed E-state index contributed by atoms with van der Waals surface area (Å²) in [5.41, 5.74) is 0.739. The smallest absolute Gasteiger partial charge is 0.254 e. The highest BCUT2D eigenvalue weighted by atomic mass is 35.5. The Labute approximate surface area is 137 Å². The van der Waals surface area contributed by atoms with E-state index in [1.54, 1.807) is 0 Å². The number of amides is 1. The maximum absolute atomic E-state index is 13.0. The van der Waals surface area contributed by atoms with Gasteiger partial charge in [-0.2, -0.15) is 0 Å². The second-order valence-electron chi connectivity index (χ2n) is 7.52. The van der Waals surface area contributed by atoms with Crippen LogP contribution in [-0.2, 0) is 0 Å². The fraction of sp³-hybridized carbons (Fsp3) is 0.632. The minimum Gasteiger partial charge on any atom is -0.335 e. The highest BCUT2D eigenvalue weighted by molar-refractivity contribution is 6.30. The van der Waals surface area contributed by atoms with Crippen LogP contribution in [0.15, 0.2) is 24.3 Å². The molecule has 0 heterocycles. The van der Waals surface area contributed by atoms with E-state index in [1.165, 1.54) is 32.1 Å². The third kappa shape index (κ3) is 2.36. The molecule has 5 rings (SSSR count). The van der Waals surface area contributed by atoms with Crippen molar-refractivity contribution in [2.24, 2.45) is 23.7 Å². The Morgan fingerprint density at radius 3 is 2.32 bits per heavy atom. The maximum Gasteiger partial charge on any atom is 0.254 e. The number of halogens is 1. The van der Waals surface area contributed by atoms with E-state index in [0.717, 1.165) is 35.8 Å². The van der Waals surface area contributed by atoms with Gasteiger partial charge in [0, 0.05) is 23.2 Å². The van der Waals surface area contributed by atoms with Gasteiger partial charge in [-0.25, -0.2) is 0 Å². The molecule has 0 N–H and O–H groups in total. The van der Waals surface area contributed by atoms with Crippen molar-refractivity contribution in [2.75, 3.05) is 6.54 Å². The summed E-state index contributed by atoms with van der Waals surface area (Å²) in [7, 11) is 0. The molecule has 1 amide bonds. The van der Waals surface area contributed by atoms with Crippen LogP contribution in [0.3, 0.4) is 0 Å². The number of hydrogen-bond donors (Lipinski definition) is 0. The lowest BCUT2D eigenvalue weighted by Gasteiger charge is -2.57. The standard InChI is InChI=1S/C19H24ClNO/c1-2-21(19(22)14-4-3-5-17(20)11-14)18-15-7-12-6-13(9-15)10-16(18)8-12/h3-5,11-13,15-16,18H,2,6-10H2,1H3. The summed E-state index contributed by atoms with van der Waals surface area (Å²) in [6.45, 7) is 2.92. The van der Waals surface area contributed by atoms with Crippen molar-refractivity contribution in [3.63, 3.8) is 0 Å². The molecule has 0 unspecified atom stereocenters. The van der Waals surface area contributed by atoms with E-state index >= 15 is 0 Å². The predicted octanol–water partition coefficient (Wildman–Crippen LogP) is 4.63. The van der Waals surface area contributed by atoms with Gasteiger partial charge in [-0.15, -0.1) is 0 Å². The van der Waals surface area contributed by atoms with Crippen LogP contribution in [0.2, 0.25) is 5.02 Å². The van der Waals surface area contributed by atoms with Gasteiger partial charge in [0.1, 0.15) is 0 Å². The number of carbonyl (C=O) groups excluding carboxylic acids is 1. The third-order valence-electron chi connectivity index (χ3n) is 6.21. The Morgan fingerprint density at radius 2 is 1.77 bits per heavy atom. The maximum atomic E-state index is 13.0. The lowest BCUT2D eigenvalue weighted by molar-refractivity contribution is -0.0543. The average molecular weight is 318 g/mol. The second-order valence-corrected chi connectivity index (χ2v) is 7.96. The van der Waals surface area contributed by atoms with E-state index in [9.17, 15) is 4.79 Å². The zero-order chi connectivity index (χ0) is 15.3.